The first kappa shape index (κ1) is 12.9. The number of hydrogen-bond donors (Lipinski definition) is 2. The number of methoxy groups -OCH3 is 1. The van der Waals surface area contributed by atoms with Crippen LogP contribution in [0.15, 0.2) is 0 Å². The summed E-state index contributed by atoms with van der Waals surface area (Å²) in [6, 6.07) is 0. The van der Waals surface area contributed by atoms with Crippen molar-refractivity contribution in [1.82, 2.24) is 5.32 Å². The average molecular weight is 215 g/mol. The van der Waals surface area contributed by atoms with E-state index in [4.69, 9.17) is 4.74 Å². The molecule has 15 heavy (non-hydrogen) atoms. The van der Waals surface area contributed by atoms with Gasteiger partial charge in [-0.15, -0.1) is 0 Å². The molecule has 2 N–H and O–H groups in total. The maximum Gasteiger partial charge on any atom is 0.0897 e. The fraction of sp³-hybridized carbons (Fsp3) is 1.00. The van der Waals surface area contributed by atoms with Crippen LogP contribution >= 0.6 is 0 Å². The molecule has 0 bridgehead atoms. The molecule has 3 nitrogen and oxygen atoms in total. The maximum absolute atomic E-state index is 9.49. The van der Waals surface area contributed by atoms with Crippen LogP contribution < -0.4 is 5.32 Å². The molecule has 3 heteroatoms. The van der Waals surface area contributed by atoms with Crippen LogP contribution in [-0.4, -0.2) is 38.0 Å². The van der Waals surface area contributed by atoms with E-state index in [-0.39, 0.29) is 6.10 Å². The summed E-state index contributed by atoms with van der Waals surface area (Å²) in [5.74, 6) is 0. The van der Waals surface area contributed by atoms with E-state index < -0.39 is 0 Å². The molecule has 0 saturated heterocycles. The summed E-state index contributed by atoms with van der Waals surface area (Å²) < 4.78 is 4.89. The molecule has 0 heterocycles. The van der Waals surface area contributed by atoms with Gasteiger partial charge in [0.15, 0.2) is 0 Å². The van der Waals surface area contributed by atoms with Crippen LogP contribution in [0.5, 0.6) is 0 Å². The van der Waals surface area contributed by atoms with Crippen LogP contribution in [-0.2, 0) is 4.74 Å². The lowest BCUT2D eigenvalue weighted by Gasteiger charge is -2.28. The normalized spacial score (nSPS) is 21.8. The zero-order valence-corrected chi connectivity index (χ0v) is 10.1. The summed E-state index contributed by atoms with van der Waals surface area (Å²) in [5, 5.41) is 12.9. The fourth-order valence-electron chi connectivity index (χ4n) is 2.54. The fourth-order valence-corrected chi connectivity index (χ4v) is 2.54. The highest BCUT2D eigenvalue weighted by Gasteiger charge is 2.31. The zero-order valence-electron chi connectivity index (χ0n) is 10.1. The Morgan fingerprint density at radius 2 is 2.07 bits per heavy atom. The van der Waals surface area contributed by atoms with E-state index in [0.29, 0.717) is 18.6 Å². The molecular formula is C12H25NO2. The lowest BCUT2D eigenvalue weighted by Crippen LogP contribution is -2.37. The highest BCUT2D eigenvalue weighted by molar-refractivity contribution is 4.85. The SMILES string of the molecule is CCC1(CNCC(O)COC)CCCC1. The van der Waals surface area contributed by atoms with Gasteiger partial charge < -0.3 is 15.2 Å². The van der Waals surface area contributed by atoms with Crippen molar-refractivity contribution in [2.75, 3.05) is 26.8 Å². The topological polar surface area (TPSA) is 41.5 Å². The Morgan fingerprint density at radius 1 is 1.40 bits per heavy atom. The van der Waals surface area contributed by atoms with Crippen LogP contribution in [0.1, 0.15) is 39.0 Å². The van der Waals surface area contributed by atoms with Crippen molar-refractivity contribution in [3.63, 3.8) is 0 Å². The number of rotatable bonds is 7. The number of ether oxygens (including phenoxy) is 1. The Kier molecular flexibility index (Phi) is 5.58. The number of nitrogens with one attached hydrogen (secondary N) is 1. The van der Waals surface area contributed by atoms with Crippen molar-refractivity contribution in [2.45, 2.75) is 45.1 Å². The molecule has 1 atom stereocenters. The first-order valence-corrected chi connectivity index (χ1v) is 6.10. The molecule has 1 aliphatic carbocycles. The van der Waals surface area contributed by atoms with E-state index in [1.807, 2.05) is 0 Å². The maximum atomic E-state index is 9.49. The molecular weight excluding hydrogens is 190 g/mol. The highest BCUT2D eigenvalue weighted by Crippen LogP contribution is 2.40. The van der Waals surface area contributed by atoms with Gasteiger partial charge in [-0.2, -0.15) is 0 Å². The van der Waals surface area contributed by atoms with Gasteiger partial charge in [0.1, 0.15) is 0 Å². The van der Waals surface area contributed by atoms with E-state index in [0.717, 1.165) is 6.54 Å². The van der Waals surface area contributed by atoms with Gasteiger partial charge in [-0.25, -0.2) is 0 Å². The molecule has 0 amide bonds. The average Bonchev–Trinajstić information content (AvgIpc) is 2.68. The molecule has 90 valence electrons. The quantitative estimate of drug-likeness (QED) is 0.677. The van der Waals surface area contributed by atoms with Gasteiger partial charge in [-0.3, -0.25) is 0 Å². The minimum atomic E-state index is -0.370. The monoisotopic (exact) mass is 215 g/mol. The minimum absolute atomic E-state index is 0.370. The van der Waals surface area contributed by atoms with Crippen LogP contribution in [0.4, 0.5) is 0 Å². The Balaban J connectivity index is 2.17. The number of aliphatic hydroxyl groups is 1. The first-order chi connectivity index (χ1) is 7.22. The molecule has 0 aliphatic heterocycles. The second-order valence-electron chi connectivity index (χ2n) is 4.80. The van der Waals surface area contributed by atoms with Gasteiger partial charge in [-0.05, 0) is 24.7 Å². The molecule has 0 aromatic heterocycles. The second kappa shape index (κ2) is 6.46. The summed E-state index contributed by atoms with van der Waals surface area (Å²) in [6.07, 6.45) is 6.31. The molecule has 0 aromatic carbocycles. The summed E-state index contributed by atoms with van der Waals surface area (Å²) in [5.41, 5.74) is 0.507. The van der Waals surface area contributed by atoms with Crippen molar-refractivity contribution in [1.29, 1.82) is 0 Å². The minimum Gasteiger partial charge on any atom is -0.389 e. The molecule has 1 aliphatic rings. The lowest BCUT2D eigenvalue weighted by atomic mass is 9.83. The molecule has 1 unspecified atom stereocenters. The molecule has 0 radical (unpaired) electrons. The Hall–Kier alpha value is -0.120. The highest BCUT2D eigenvalue weighted by atomic mass is 16.5. The van der Waals surface area contributed by atoms with E-state index >= 15 is 0 Å². The van der Waals surface area contributed by atoms with E-state index in [1.165, 1.54) is 32.1 Å². The molecule has 0 aromatic rings. The summed E-state index contributed by atoms with van der Waals surface area (Å²) in [7, 11) is 1.62. The molecule has 1 saturated carbocycles. The van der Waals surface area contributed by atoms with Gasteiger partial charge in [0.2, 0.25) is 0 Å². The Morgan fingerprint density at radius 3 is 2.60 bits per heavy atom. The third-order valence-electron chi connectivity index (χ3n) is 3.65. The van der Waals surface area contributed by atoms with Crippen LogP contribution in [0.3, 0.4) is 0 Å². The van der Waals surface area contributed by atoms with Crippen molar-refractivity contribution < 1.29 is 9.84 Å². The van der Waals surface area contributed by atoms with E-state index in [2.05, 4.69) is 12.2 Å². The summed E-state index contributed by atoms with van der Waals surface area (Å²) >= 11 is 0. The van der Waals surface area contributed by atoms with Crippen LogP contribution in [0, 0.1) is 5.41 Å². The third kappa shape index (κ3) is 4.09. The van der Waals surface area contributed by atoms with Gasteiger partial charge in [0, 0.05) is 20.2 Å². The molecule has 0 spiro atoms. The van der Waals surface area contributed by atoms with Crippen molar-refractivity contribution >= 4 is 0 Å². The van der Waals surface area contributed by atoms with Gasteiger partial charge in [0.05, 0.1) is 12.7 Å². The van der Waals surface area contributed by atoms with Crippen LogP contribution in [0.2, 0.25) is 0 Å². The molecule has 1 fully saturated rings. The van der Waals surface area contributed by atoms with Crippen molar-refractivity contribution in [2.24, 2.45) is 5.41 Å². The largest absolute Gasteiger partial charge is 0.389 e. The van der Waals surface area contributed by atoms with Crippen LogP contribution in [0.25, 0.3) is 0 Å². The number of aliphatic hydroxyl groups excluding tert-OH is 1. The Labute approximate surface area is 93.2 Å². The summed E-state index contributed by atoms with van der Waals surface area (Å²) in [6.45, 7) is 4.39. The standard InChI is InChI=1S/C12H25NO2/c1-3-12(6-4-5-7-12)10-13-8-11(14)9-15-2/h11,13-14H,3-10H2,1-2H3. The lowest BCUT2D eigenvalue weighted by molar-refractivity contribution is 0.0622. The Bertz CT molecular complexity index is 167. The predicted octanol–water partition coefficient (Wildman–Crippen LogP) is 1.55. The smallest absolute Gasteiger partial charge is 0.0897 e. The van der Waals surface area contributed by atoms with E-state index in [1.54, 1.807) is 7.11 Å². The van der Waals surface area contributed by atoms with Gasteiger partial charge in [0.25, 0.3) is 0 Å². The van der Waals surface area contributed by atoms with E-state index in [9.17, 15) is 5.11 Å². The van der Waals surface area contributed by atoms with Crippen molar-refractivity contribution in [3.05, 3.63) is 0 Å². The zero-order chi connectivity index (χ0) is 11.1. The predicted molar refractivity (Wildman–Crippen MR) is 61.9 cm³/mol. The van der Waals surface area contributed by atoms with Crippen molar-refractivity contribution in [3.8, 4) is 0 Å². The van der Waals surface area contributed by atoms with Gasteiger partial charge >= 0.3 is 0 Å². The number of hydrogen-bond acceptors (Lipinski definition) is 3. The summed E-state index contributed by atoms with van der Waals surface area (Å²) in [4.78, 5) is 0. The van der Waals surface area contributed by atoms with Gasteiger partial charge in [-0.1, -0.05) is 19.8 Å². The molecule has 1 rings (SSSR count). The second-order valence-corrected chi connectivity index (χ2v) is 4.80. The third-order valence-corrected chi connectivity index (χ3v) is 3.65. The first-order valence-electron chi connectivity index (χ1n) is 6.10.